The van der Waals surface area contributed by atoms with Crippen molar-refractivity contribution < 1.29 is 19.1 Å². The molecule has 1 aliphatic rings. The van der Waals surface area contributed by atoms with Gasteiger partial charge < -0.3 is 15.4 Å². The Morgan fingerprint density at radius 1 is 0.933 bits per heavy atom. The first-order valence-corrected chi connectivity index (χ1v) is 12.0. The van der Waals surface area contributed by atoms with Crippen molar-refractivity contribution in [3.8, 4) is 0 Å². The van der Waals surface area contributed by atoms with Crippen molar-refractivity contribution in [3.05, 3.63) is 0 Å². The number of carbonyl (C=O) groups is 3. The highest BCUT2D eigenvalue weighted by atomic mass is 16.5. The number of ketones is 1. The third-order valence-corrected chi connectivity index (χ3v) is 6.10. The second kappa shape index (κ2) is 15.4. The van der Waals surface area contributed by atoms with E-state index in [1.807, 2.05) is 13.8 Å². The number of nitrogens with one attached hydrogen (secondary N) is 2. The zero-order valence-corrected chi connectivity index (χ0v) is 19.6. The zero-order chi connectivity index (χ0) is 22.4. The van der Waals surface area contributed by atoms with Crippen LogP contribution in [0.1, 0.15) is 85.5 Å². The summed E-state index contributed by atoms with van der Waals surface area (Å²) in [4.78, 5) is 36.0. The van der Waals surface area contributed by atoms with Crippen LogP contribution in [-0.4, -0.2) is 43.9 Å². The van der Waals surface area contributed by atoms with Crippen molar-refractivity contribution in [2.24, 2.45) is 23.7 Å². The van der Waals surface area contributed by atoms with Crippen LogP contribution >= 0.6 is 0 Å². The predicted octanol–water partition coefficient (Wildman–Crippen LogP) is 3.87. The van der Waals surface area contributed by atoms with E-state index >= 15 is 0 Å². The predicted molar refractivity (Wildman–Crippen MR) is 120 cm³/mol. The quantitative estimate of drug-likeness (QED) is 0.391. The molecule has 2 amide bonds. The lowest BCUT2D eigenvalue weighted by atomic mass is 9.78. The van der Waals surface area contributed by atoms with Crippen LogP contribution in [0.3, 0.4) is 0 Å². The van der Waals surface area contributed by atoms with E-state index in [-0.39, 0.29) is 23.7 Å². The average Bonchev–Trinajstić information content (AvgIpc) is 2.74. The SMILES string of the molecule is CCC(C)COCCCNC(=O)CCCC(=O)NCC1CCC(C(=O)C(C)C)CC1. The van der Waals surface area contributed by atoms with Crippen LogP contribution in [0.2, 0.25) is 0 Å². The summed E-state index contributed by atoms with van der Waals surface area (Å²) in [5.41, 5.74) is 0. The zero-order valence-electron chi connectivity index (χ0n) is 19.6. The van der Waals surface area contributed by atoms with Crippen LogP contribution in [0.15, 0.2) is 0 Å². The van der Waals surface area contributed by atoms with E-state index in [4.69, 9.17) is 4.74 Å². The van der Waals surface area contributed by atoms with Gasteiger partial charge in [0.05, 0.1) is 0 Å². The molecule has 0 spiro atoms. The van der Waals surface area contributed by atoms with Crippen molar-refractivity contribution in [3.63, 3.8) is 0 Å². The minimum absolute atomic E-state index is 0.00197. The normalized spacial score (nSPS) is 20.0. The molecule has 0 heterocycles. The van der Waals surface area contributed by atoms with E-state index in [0.29, 0.717) is 56.6 Å². The first-order valence-electron chi connectivity index (χ1n) is 12.0. The molecule has 1 fully saturated rings. The molecule has 174 valence electrons. The largest absolute Gasteiger partial charge is 0.381 e. The van der Waals surface area contributed by atoms with Crippen LogP contribution in [0, 0.1) is 23.7 Å². The number of amides is 2. The minimum atomic E-state index is -0.00197. The Kier molecular flexibility index (Phi) is 13.6. The monoisotopic (exact) mass is 424 g/mol. The maximum absolute atomic E-state index is 12.1. The molecule has 1 unspecified atom stereocenters. The van der Waals surface area contributed by atoms with E-state index in [0.717, 1.165) is 45.1 Å². The van der Waals surface area contributed by atoms with Crippen molar-refractivity contribution in [1.82, 2.24) is 10.6 Å². The van der Waals surface area contributed by atoms with Gasteiger partial charge in [-0.3, -0.25) is 14.4 Å². The van der Waals surface area contributed by atoms with Gasteiger partial charge in [0.2, 0.25) is 11.8 Å². The third-order valence-electron chi connectivity index (χ3n) is 6.10. The lowest BCUT2D eigenvalue weighted by molar-refractivity contribution is -0.127. The van der Waals surface area contributed by atoms with E-state index < -0.39 is 0 Å². The molecule has 1 atom stereocenters. The molecule has 0 bridgehead atoms. The van der Waals surface area contributed by atoms with Gasteiger partial charge >= 0.3 is 0 Å². The standard InChI is InChI=1S/C24H44N2O4/c1-5-19(4)17-30-15-7-14-25-22(27)8-6-9-23(28)26-16-20-10-12-21(13-11-20)24(29)18(2)3/h18-21H,5-17H2,1-4H3,(H,25,27)(H,26,28). The fraction of sp³-hybridized carbons (Fsp3) is 0.875. The van der Waals surface area contributed by atoms with E-state index in [1.165, 1.54) is 0 Å². The molecule has 1 rings (SSSR count). The van der Waals surface area contributed by atoms with E-state index in [2.05, 4.69) is 24.5 Å². The Morgan fingerprint density at radius 2 is 1.57 bits per heavy atom. The number of rotatable bonds is 15. The van der Waals surface area contributed by atoms with E-state index in [1.54, 1.807) is 0 Å². The van der Waals surface area contributed by atoms with Gasteiger partial charge in [-0.15, -0.1) is 0 Å². The van der Waals surface area contributed by atoms with Crippen LogP contribution < -0.4 is 10.6 Å². The Balaban J connectivity index is 2.00. The van der Waals surface area contributed by atoms with Crippen LogP contribution in [0.5, 0.6) is 0 Å². The van der Waals surface area contributed by atoms with Gasteiger partial charge in [-0.05, 0) is 50.4 Å². The Hall–Kier alpha value is -1.43. The number of ether oxygens (including phenoxy) is 1. The van der Waals surface area contributed by atoms with Gasteiger partial charge in [-0.2, -0.15) is 0 Å². The summed E-state index contributed by atoms with van der Waals surface area (Å²) in [7, 11) is 0. The van der Waals surface area contributed by atoms with Gasteiger partial charge in [0, 0.05) is 51.0 Å². The maximum atomic E-state index is 12.1. The highest BCUT2D eigenvalue weighted by molar-refractivity contribution is 5.82. The van der Waals surface area contributed by atoms with Crippen molar-refractivity contribution >= 4 is 17.6 Å². The lowest BCUT2D eigenvalue weighted by Gasteiger charge is -2.28. The molecule has 0 aromatic heterocycles. The molecule has 2 N–H and O–H groups in total. The Morgan fingerprint density at radius 3 is 2.17 bits per heavy atom. The number of carbonyl (C=O) groups excluding carboxylic acids is 3. The lowest BCUT2D eigenvalue weighted by Crippen LogP contribution is -2.33. The average molecular weight is 425 g/mol. The topological polar surface area (TPSA) is 84.5 Å². The highest BCUT2D eigenvalue weighted by Crippen LogP contribution is 2.30. The Labute approximate surface area is 183 Å². The van der Waals surface area contributed by atoms with E-state index in [9.17, 15) is 14.4 Å². The van der Waals surface area contributed by atoms with Gasteiger partial charge in [0.1, 0.15) is 5.78 Å². The first-order chi connectivity index (χ1) is 14.3. The summed E-state index contributed by atoms with van der Waals surface area (Å²) in [5, 5.41) is 5.89. The summed E-state index contributed by atoms with van der Waals surface area (Å²) in [5.74, 6) is 1.77. The van der Waals surface area contributed by atoms with Gasteiger partial charge in [0.15, 0.2) is 0 Å². The molecule has 0 aliphatic heterocycles. The van der Waals surface area contributed by atoms with Crippen LogP contribution in [0.4, 0.5) is 0 Å². The molecule has 0 saturated heterocycles. The van der Waals surface area contributed by atoms with Crippen LogP contribution in [-0.2, 0) is 19.1 Å². The summed E-state index contributed by atoms with van der Waals surface area (Å²) >= 11 is 0. The second-order valence-electron chi connectivity index (χ2n) is 9.22. The molecule has 0 radical (unpaired) electrons. The first kappa shape index (κ1) is 26.6. The number of hydrogen-bond donors (Lipinski definition) is 2. The third kappa shape index (κ3) is 11.7. The maximum Gasteiger partial charge on any atom is 0.220 e. The molecule has 1 saturated carbocycles. The van der Waals surface area contributed by atoms with Crippen molar-refractivity contribution in [1.29, 1.82) is 0 Å². The van der Waals surface area contributed by atoms with Crippen molar-refractivity contribution in [2.75, 3.05) is 26.3 Å². The minimum Gasteiger partial charge on any atom is -0.381 e. The Bertz CT molecular complexity index is 513. The number of Topliss-reactive ketones (excluding diaryl/α,β-unsaturated/α-hetero) is 1. The fourth-order valence-corrected chi connectivity index (χ4v) is 3.77. The van der Waals surface area contributed by atoms with Crippen molar-refractivity contribution in [2.45, 2.75) is 85.5 Å². The highest BCUT2D eigenvalue weighted by Gasteiger charge is 2.27. The molecular formula is C24H44N2O4. The molecule has 6 heteroatoms. The molecule has 1 aliphatic carbocycles. The van der Waals surface area contributed by atoms with Crippen LogP contribution in [0.25, 0.3) is 0 Å². The summed E-state index contributed by atoms with van der Waals surface area (Å²) in [6.45, 7) is 11.0. The summed E-state index contributed by atoms with van der Waals surface area (Å²) in [6.07, 6.45) is 7.16. The summed E-state index contributed by atoms with van der Waals surface area (Å²) < 4.78 is 5.56. The van der Waals surface area contributed by atoms with Gasteiger partial charge in [0.25, 0.3) is 0 Å². The molecule has 0 aromatic carbocycles. The molecule has 0 aromatic rings. The molecule has 30 heavy (non-hydrogen) atoms. The van der Waals surface area contributed by atoms with Gasteiger partial charge in [-0.1, -0.05) is 34.1 Å². The molecular weight excluding hydrogens is 380 g/mol. The smallest absolute Gasteiger partial charge is 0.220 e. The second-order valence-corrected chi connectivity index (χ2v) is 9.22. The van der Waals surface area contributed by atoms with Gasteiger partial charge in [-0.25, -0.2) is 0 Å². The summed E-state index contributed by atoms with van der Waals surface area (Å²) in [6, 6.07) is 0. The number of hydrogen-bond acceptors (Lipinski definition) is 4. The fourth-order valence-electron chi connectivity index (χ4n) is 3.77. The molecule has 6 nitrogen and oxygen atoms in total.